The third-order valence-corrected chi connectivity index (χ3v) is 7.12. The van der Waals surface area contributed by atoms with E-state index >= 15 is 0 Å². The van der Waals surface area contributed by atoms with Gasteiger partial charge in [-0.3, -0.25) is 9.80 Å². The number of benzene rings is 1. The van der Waals surface area contributed by atoms with Gasteiger partial charge in [0.15, 0.2) is 0 Å². The van der Waals surface area contributed by atoms with Crippen LogP contribution in [0.2, 0.25) is 0 Å². The summed E-state index contributed by atoms with van der Waals surface area (Å²) in [5.41, 5.74) is 0.867. The molecule has 0 radical (unpaired) electrons. The lowest BCUT2D eigenvalue weighted by Crippen LogP contribution is -2.60. The molecule has 3 atom stereocenters. The Kier molecular flexibility index (Phi) is 3.67. The molecular weight excluding hydrogens is 306 g/mol. The quantitative estimate of drug-likeness (QED) is 0.834. The minimum absolute atomic E-state index is 0.253. The van der Waals surface area contributed by atoms with Gasteiger partial charge in [-0.25, -0.2) is 8.78 Å². The van der Waals surface area contributed by atoms with Crippen molar-refractivity contribution in [2.75, 3.05) is 26.2 Å². The lowest BCUT2D eigenvalue weighted by Gasteiger charge is -2.52. The van der Waals surface area contributed by atoms with Crippen LogP contribution in [0, 0.1) is 23.5 Å². The first-order valence-corrected chi connectivity index (χ1v) is 9.63. The molecule has 5 fully saturated rings. The maximum Gasteiger partial charge on any atom is 0.126 e. The summed E-state index contributed by atoms with van der Waals surface area (Å²) >= 11 is 0. The molecule has 5 aliphatic rings. The molecule has 6 rings (SSSR count). The molecular formula is C20H26F2N2. The van der Waals surface area contributed by atoms with E-state index in [1.807, 2.05) is 0 Å². The number of piperidine rings is 3. The first-order chi connectivity index (χ1) is 11.7. The fraction of sp³-hybridized carbons (Fsp3) is 0.700. The van der Waals surface area contributed by atoms with E-state index in [2.05, 4.69) is 9.80 Å². The Hall–Kier alpha value is -1.00. The number of hydrogen-bond donors (Lipinski definition) is 0. The van der Waals surface area contributed by atoms with Crippen molar-refractivity contribution in [3.8, 4) is 0 Å². The Bertz CT molecular complexity index is 602. The van der Waals surface area contributed by atoms with Gasteiger partial charge >= 0.3 is 0 Å². The Balaban J connectivity index is 1.48. The Morgan fingerprint density at radius 3 is 2.25 bits per heavy atom. The summed E-state index contributed by atoms with van der Waals surface area (Å²) in [6, 6.07) is 5.19. The van der Waals surface area contributed by atoms with Gasteiger partial charge in [0.05, 0.1) is 0 Å². The molecule has 0 spiro atoms. The van der Waals surface area contributed by atoms with Crippen LogP contribution in [0.25, 0.3) is 0 Å². The fourth-order valence-corrected chi connectivity index (χ4v) is 5.84. The molecule has 0 unspecified atom stereocenters. The monoisotopic (exact) mass is 332 g/mol. The van der Waals surface area contributed by atoms with Crippen LogP contribution in [0.1, 0.15) is 43.6 Å². The van der Waals surface area contributed by atoms with Gasteiger partial charge in [-0.1, -0.05) is 6.42 Å². The van der Waals surface area contributed by atoms with Crippen LogP contribution in [-0.4, -0.2) is 48.1 Å². The van der Waals surface area contributed by atoms with E-state index in [9.17, 15) is 8.78 Å². The highest BCUT2D eigenvalue weighted by Crippen LogP contribution is 2.47. The molecule has 24 heavy (non-hydrogen) atoms. The number of hydrogen-bond acceptors (Lipinski definition) is 2. The van der Waals surface area contributed by atoms with Gasteiger partial charge in [0.2, 0.25) is 0 Å². The van der Waals surface area contributed by atoms with Crippen LogP contribution in [0.3, 0.4) is 0 Å². The van der Waals surface area contributed by atoms with Gasteiger partial charge in [-0.15, -0.1) is 0 Å². The third kappa shape index (κ3) is 2.41. The van der Waals surface area contributed by atoms with E-state index in [0.29, 0.717) is 12.1 Å². The molecule has 0 amide bonds. The minimum atomic E-state index is -0.435. The van der Waals surface area contributed by atoms with Crippen LogP contribution in [-0.2, 0) is 0 Å². The second-order valence-corrected chi connectivity index (χ2v) is 8.41. The molecule has 1 aliphatic carbocycles. The smallest absolute Gasteiger partial charge is 0.126 e. The highest BCUT2D eigenvalue weighted by atomic mass is 19.1. The van der Waals surface area contributed by atoms with Crippen molar-refractivity contribution >= 4 is 0 Å². The molecule has 130 valence electrons. The number of nitrogens with zero attached hydrogens (tertiary/aromatic N) is 2. The summed E-state index contributed by atoms with van der Waals surface area (Å²) < 4.78 is 27.6. The van der Waals surface area contributed by atoms with Crippen molar-refractivity contribution in [2.45, 2.75) is 50.1 Å². The van der Waals surface area contributed by atoms with Crippen LogP contribution in [0.15, 0.2) is 18.2 Å². The number of likely N-dealkylation sites (tertiary alicyclic amines) is 1. The second kappa shape index (κ2) is 5.77. The molecule has 1 aromatic carbocycles. The van der Waals surface area contributed by atoms with Crippen LogP contribution in [0.5, 0.6) is 0 Å². The van der Waals surface area contributed by atoms with Crippen molar-refractivity contribution < 1.29 is 8.78 Å². The molecule has 2 nitrogen and oxygen atoms in total. The van der Waals surface area contributed by atoms with E-state index < -0.39 is 11.6 Å². The van der Waals surface area contributed by atoms with Crippen molar-refractivity contribution in [3.63, 3.8) is 0 Å². The van der Waals surface area contributed by atoms with Gasteiger partial charge in [0, 0.05) is 37.2 Å². The van der Waals surface area contributed by atoms with Crippen molar-refractivity contribution in [3.05, 3.63) is 35.4 Å². The second-order valence-electron chi connectivity index (χ2n) is 8.41. The molecule has 4 heteroatoms. The first-order valence-electron chi connectivity index (χ1n) is 9.63. The van der Waals surface area contributed by atoms with Crippen LogP contribution in [0.4, 0.5) is 8.78 Å². The summed E-state index contributed by atoms with van der Waals surface area (Å²) in [6.07, 6.45) is 6.70. The summed E-state index contributed by atoms with van der Waals surface area (Å²) in [5.74, 6) is 1.01. The standard InChI is InChI=1S/C20H26F2N2/c21-16-8-15(9-17(22)10-16)18-12-24(11-13-2-1-3-13)19-14-4-6-23(7-5-14)20(18)19/h8-10,13-14,18-20H,1-7,11-12H2/t18-,19-,20-/m0/s1. The highest BCUT2D eigenvalue weighted by Gasteiger charge is 2.53. The number of rotatable bonds is 3. The minimum Gasteiger partial charge on any atom is -0.298 e. The molecule has 0 N–H and O–H groups in total. The van der Waals surface area contributed by atoms with Crippen molar-refractivity contribution in [2.24, 2.45) is 11.8 Å². The molecule has 4 aliphatic heterocycles. The zero-order valence-electron chi connectivity index (χ0n) is 14.1. The highest BCUT2D eigenvalue weighted by molar-refractivity contribution is 5.28. The van der Waals surface area contributed by atoms with Crippen LogP contribution < -0.4 is 0 Å². The summed E-state index contributed by atoms with van der Waals surface area (Å²) in [6.45, 7) is 4.50. The average molecular weight is 332 g/mol. The van der Waals surface area contributed by atoms with Crippen molar-refractivity contribution in [1.82, 2.24) is 9.80 Å². The zero-order chi connectivity index (χ0) is 16.3. The van der Waals surface area contributed by atoms with Gasteiger partial charge in [0.1, 0.15) is 11.6 Å². The Morgan fingerprint density at radius 1 is 0.917 bits per heavy atom. The van der Waals surface area contributed by atoms with Crippen molar-refractivity contribution in [1.29, 1.82) is 0 Å². The summed E-state index contributed by atoms with van der Waals surface area (Å²) in [7, 11) is 0. The van der Waals surface area contributed by atoms with Gasteiger partial charge in [-0.2, -0.15) is 0 Å². The molecule has 4 heterocycles. The summed E-state index contributed by atoms with van der Waals surface area (Å²) in [4.78, 5) is 5.30. The van der Waals surface area contributed by atoms with Gasteiger partial charge in [-0.05, 0) is 68.3 Å². The normalized spacial score (nSPS) is 39.0. The predicted molar refractivity (Wildman–Crippen MR) is 89.9 cm³/mol. The molecule has 1 aromatic rings. The largest absolute Gasteiger partial charge is 0.298 e. The molecule has 1 saturated carbocycles. The Morgan fingerprint density at radius 2 is 1.62 bits per heavy atom. The maximum absolute atomic E-state index is 13.8. The molecule has 0 aromatic heterocycles. The van der Waals surface area contributed by atoms with E-state index in [-0.39, 0.29) is 5.92 Å². The predicted octanol–water partition coefficient (Wildman–Crippen LogP) is 3.63. The number of fused-ring (bicyclic) bond motifs is 2. The number of halogens is 2. The van der Waals surface area contributed by atoms with Crippen LogP contribution >= 0.6 is 0 Å². The van der Waals surface area contributed by atoms with Gasteiger partial charge in [0.25, 0.3) is 0 Å². The molecule has 4 saturated heterocycles. The topological polar surface area (TPSA) is 6.48 Å². The molecule has 2 bridgehead atoms. The first kappa shape index (κ1) is 15.3. The van der Waals surface area contributed by atoms with Gasteiger partial charge < -0.3 is 0 Å². The van der Waals surface area contributed by atoms with E-state index in [1.54, 1.807) is 12.1 Å². The third-order valence-electron chi connectivity index (χ3n) is 7.12. The average Bonchev–Trinajstić information content (AvgIpc) is 2.93. The lowest BCUT2D eigenvalue weighted by molar-refractivity contribution is -0.0134. The maximum atomic E-state index is 13.8. The van der Waals surface area contributed by atoms with E-state index in [4.69, 9.17) is 0 Å². The van der Waals surface area contributed by atoms with E-state index in [1.165, 1.54) is 38.6 Å². The zero-order valence-corrected chi connectivity index (χ0v) is 14.1. The van der Waals surface area contributed by atoms with E-state index in [0.717, 1.165) is 43.1 Å². The Labute approximate surface area is 142 Å². The SMILES string of the molecule is Fc1cc(F)cc([C@@H]2CN(CC3CCC3)[C@H]3C4CCN(CC4)[C@@H]23)c1. The fourth-order valence-electron chi connectivity index (χ4n) is 5.84. The summed E-state index contributed by atoms with van der Waals surface area (Å²) in [5, 5.41) is 0. The lowest BCUT2D eigenvalue weighted by atomic mass is 9.75.